The number of aryl methyl sites for hydroxylation is 1. The molecule has 7 heteroatoms. The van der Waals surface area contributed by atoms with Gasteiger partial charge >= 0.3 is 0 Å². The summed E-state index contributed by atoms with van der Waals surface area (Å²) in [5.41, 5.74) is 2.70. The summed E-state index contributed by atoms with van der Waals surface area (Å²) in [7, 11) is -3.48. The van der Waals surface area contributed by atoms with Gasteiger partial charge in [-0.15, -0.1) is 0 Å². The van der Waals surface area contributed by atoms with Gasteiger partial charge < -0.3 is 5.32 Å². The lowest BCUT2D eigenvalue weighted by atomic mass is 10.2. The lowest BCUT2D eigenvalue weighted by molar-refractivity contribution is -0.121. The second kappa shape index (κ2) is 9.35. The van der Waals surface area contributed by atoms with E-state index in [0.717, 1.165) is 16.8 Å². The molecule has 1 unspecified atom stereocenters. The highest BCUT2D eigenvalue weighted by molar-refractivity contribution is 7.92. The summed E-state index contributed by atoms with van der Waals surface area (Å²) < 4.78 is 26.6. The van der Waals surface area contributed by atoms with Crippen molar-refractivity contribution in [3.63, 3.8) is 0 Å². The van der Waals surface area contributed by atoms with Crippen molar-refractivity contribution in [1.82, 2.24) is 9.21 Å². The zero-order valence-electron chi connectivity index (χ0n) is 16.8. The Morgan fingerprint density at radius 2 is 1.72 bits per heavy atom. The van der Waals surface area contributed by atoms with Gasteiger partial charge in [-0.1, -0.05) is 42.5 Å². The average molecular weight is 414 g/mol. The van der Waals surface area contributed by atoms with E-state index in [1.807, 2.05) is 73.3 Å². The monoisotopic (exact) mass is 413 g/mol. The zero-order chi connectivity index (χ0) is 20.9. The van der Waals surface area contributed by atoms with Crippen molar-refractivity contribution in [3.8, 4) is 0 Å². The van der Waals surface area contributed by atoms with Gasteiger partial charge in [0, 0.05) is 37.3 Å². The minimum absolute atomic E-state index is 0.0871. The first-order valence-electron chi connectivity index (χ1n) is 9.70. The minimum atomic E-state index is -3.48. The van der Waals surface area contributed by atoms with E-state index in [4.69, 9.17) is 0 Å². The van der Waals surface area contributed by atoms with Crippen LogP contribution in [0.5, 0.6) is 0 Å². The number of benzene rings is 2. The van der Waals surface area contributed by atoms with Crippen LogP contribution in [0.2, 0.25) is 0 Å². The number of amides is 1. The normalized spacial score (nSPS) is 17.3. The maximum absolute atomic E-state index is 12.6. The van der Waals surface area contributed by atoms with Crippen molar-refractivity contribution in [3.05, 3.63) is 71.1 Å². The van der Waals surface area contributed by atoms with Crippen molar-refractivity contribution < 1.29 is 13.2 Å². The van der Waals surface area contributed by atoms with Crippen LogP contribution in [0.25, 0.3) is 6.08 Å². The van der Waals surface area contributed by atoms with Crippen LogP contribution in [-0.4, -0.2) is 55.8 Å². The fraction of sp³-hybridized carbons (Fsp3) is 0.318. The van der Waals surface area contributed by atoms with Gasteiger partial charge in [0.15, 0.2) is 0 Å². The number of hydrogen-bond donors (Lipinski definition) is 1. The molecule has 0 radical (unpaired) electrons. The number of rotatable bonds is 6. The molecule has 29 heavy (non-hydrogen) atoms. The van der Waals surface area contributed by atoms with Crippen molar-refractivity contribution in [2.24, 2.45) is 0 Å². The number of nitrogens with one attached hydrogen (secondary N) is 1. The van der Waals surface area contributed by atoms with Gasteiger partial charge in [0.2, 0.25) is 15.9 Å². The van der Waals surface area contributed by atoms with Crippen molar-refractivity contribution in [2.75, 3.05) is 31.5 Å². The molecule has 1 saturated heterocycles. The van der Waals surface area contributed by atoms with Crippen LogP contribution < -0.4 is 5.32 Å². The smallest absolute Gasteiger partial charge is 0.241 e. The molecule has 1 heterocycles. The Kier molecular flexibility index (Phi) is 6.84. The first-order valence-corrected chi connectivity index (χ1v) is 11.2. The highest BCUT2D eigenvalue weighted by atomic mass is 32.2. The molecule has 0 bridgehead atoms. The first kappa shape index (κ1) is 21.2. The number of carbonyl (C=O) groups excluding carboxylic acids is 1. The predicted octanol–water partition coefficient (Wildman–Crippen LogP) is 2.94. The molecule has 1 atom stereocenters. The van der Waals surface area contributed by atoms with Gasteiger partial charge in [-0.25, -0.2) is 8.42 Å². The Bertz CT molecular complexity index is 966. The molecule has 1 N–H and O–H groups in total. The summed E-state index contributed by atoms with van der Waals surface area (Å²) in [6.45, 7) is 5.59. The highest BCUT2D eigenvalue weighted by Crippen LogP contribution is 2.15. The largest absolute Gasteiger partial charge is 0.325 e. The number of hydrogen-bond acceptors (Lipinski definition) is 4. The van der Waals surface area contributed by atoms with E-state index in [1.165, 1.54) is 9.71 Å². The Morgan fingerprint density at radius 3 is 2.38 bits per heavy atom. The molecule has 2 aromatic rings. The van der Waals surface area contributed by atoms with Crippen molar-refractivity contribution in [2.45, 2.75) is 19.9 Å². The molecule has 0 aliphatic carbocycles. The second-order valence-corrected chi connectivity index (χ2v) is 9.05. The number of carbonyl (C=O) groups is 1. The van der Waals surface area contributed by atoms with E-state index in [2.05, 4.69) is 5.32 Å². The van der Waals surface area contributed by atoms with Crippen LogP contribution in [0.4, 0.5) is 5.69 Å². The summed E-state index contributed by atoms with van der Waals surface area (Å²) in [6.07, 6.45) is 1.61. The zero-order valence-corrected chi connectivity index (χ0v) is 17.6. The third-order valence-electron chi connectivity index (χ3n) is 5.08. The third-order valence-corrected chi connectivity index (χ3v) is 6.64. The summed E-state index contributed by atoms with van der Waals surface area (Å²) in [5, 5.41) is 4.19. The molecular weight excluding hydrogens is 386 g/mol. The van der Waals surface area contributed by atoms with E-state index in [-0.39, 0.29) is 11.9 Å². The molecule has 0 aromatic heterocycles. The molecule has 1 amide bonds. The molecule has 1 aliphatic rings. The maximum Gasteiger partial charge on any atom is 0.241 e. The van der Waals surface area contributed by atoms with E-state index in [1.54, 1.807) is 6.08 Å². The van der Waals surface area contributed by atoms with Crippen LogP contribution in [0.15, 0.2) is 60.0 Å². The summed E-state index contributed by atoms with van der Waals surface area (Å²) in [5.74, 6) is -0.0871. The van der Waals surface area contributed by atoms with Gasteiger partial charge in [-0.05, 0) is 43.2 Å². The Balaban J connectivity index is 1.55. The molecule has 1 aliphatic heterocycles. The van der Waals surface area contributed by atoms with Gasteiger partial charge in [-0.2, -0.15) is 4.31 Å². The molecule has 0 saturated carbocycles. The molecule has 2 aromatic carbocycles. The fourth-order valence-electron chi connectivity index (χ4n) is 3.30. The van der Waals surface area contributed by atoms with Gasteiger partial charge in [0.1, 0.15) is 0 Å². The number of piperazine rings is 1. The predicted molar refractivity (Wildman–Crippen MR) is 117 cm³/mol. The quantitative estimate of drug-likeness (QED) is 0.791. The Morgan fingerprint density at radius 1 is 1.03 bits per heavy atom. The van der Waals surface area contributed by atoms with Crippen molar-refractivity contribution in [1.29, 1.82) is 0 Å². The fourth-order valence-corrected chi connectivity index (χ4v) is 4.47. The number of sulfonamides is 1. The molecule has 154 valence electrons. The van der Waals surface area contributed by atoms with E-state index in [0.29, 0.717) is 26.2 Å². The Labute approximate surface area is 172 Å². The van der Waals surface area contributed by atoms with Crippen LogP contribution in [-0.2, 0) is 14.8 Å². The summed E-state index contributed by atoms with van der Waals surface area (Å²) in [6, 6.07) is 16.7. The van der Waals surface area contributed by atoms with E-state index >= 15 is 0 Å². The first-order chi connectivity index (χ1) is 13.8. The summed E-state index contributed by atoms with van der Waals surface area (Å²) >= 11 is 0. The highest BCUT2D eigenvalue weighted by Gasteiger charge is 2.29. The number of nitrogens with zero attached hydrogens (tertiary/aromatic N) is 2. The van der Waals surface area contributed by atoms with Gasteiger partial charge in [-0.3, -0.25) is 9.69 Å². The minimum Gasteiger partial charge on any atom is -0.325 e. The average Bonchev–Trinajstić information content (AvgIpc) is 2.72. The summed E-state index contributed by atoms with van der Waals surface area (Å²) in [4.78, 5) is 14.6. The lowest BCUT2D eigenvalue weighted by Gasteiger charge is -2.36. The van der Waals surface area contributed by atoms with Crippen molar-refractivity contribution >= 4 is 27.7 Å². The van der Waals surface area contributed by atoms with Crippen LogP contribution in [0.1, 0.15) is 18.1 Å². The maximum atomic E-state index is 12.6. The second-order valence-electron chi connectivity index (χ2n) is 7.23. The van der Waals surface area contributed by atoms with E-state index in [9.17, 15) is 13.2 Å². The Hall–Kier alpha value is -2.48. The van der Waals surface area contributed by atoms with Crippen LogP contribution >= 0.6 is 0 Å². The standard InChI is InChI=1S/C22H27N3O3S/c1-18-7-6-10-21(17-18)23-22(26)19(2)24-12-14-25(15-13-24)29(27,28)16-11-20-8-4-3-5-9-20/h3-11,16-17,19H,12-15H2,1-2H3,(H,23,26)/b16-11+. The third kappa shape index (κ3) is 5.76. The lowest BCUT2D eigenvalue weighted by Crippen LogP contribution is -2.53. The van der Waals surface area contributed by atoms with Gasteiger partial charge in [0.25, 0.3) is 0 Å². The molecule has 0 spiro atoms. The van der Waals surface area contributed by atoms with Crippen LogP contribution in [0.3, 0.4) is 0 Å². The SMILES string of the molecule is Cc1cccc(NC(=O)C(C)N2CCN(S(=O)(=O)/C=C/c3ccccc3)CC2)c1. The molecular formula is C22H27N3O3S. The molecule has 3 rings (SSSR count). The number of anilines is 1. The van der Waals surface area contributed by atoms with Gasteiger partial charge in [0.05, 0.1) is 6.04 Å². The molecule has 6 nitrogen and oxygen atoms in total. The topological polar surface area (TPSA) is 69.7 Å². The van der Waals surface area contributed by atoms with E-state index < -0.39 is 10.0 Å². The van der Waals surface area contributed by atoms with Crippen LogP contribution in [0, 0.1) is 6.92 Å². The molecule has 1 fully saturated rings.